The van der Waals surface area contributed by atoms with Crippen LogP contribution in [0.5, 0.6) is 5.75 Å². The molecule has 0 N–H and O–H groups in total. The highest BCUT2D eigenvalue weighted by atomic mass is 32.2. The minimum Gasteiger partial charge on any atom is -0.494 e. The van der Waals surface area contributed by atoms with E-state index in [4.69, 9.17) is 14.7 Å². The molecule has 8 nitrogen and oxygen atoms in total. The summed E-state index contributed by atoms with van der Waals surface area (Å²) in [5.41, 5.74) is 0.649. The van der Waals surface area contributed by atoms with Gasteiger partial charge in [0.2, 0.25) is 5.91 Å². The Morgan fingerprint density at radius 3 is 2.62 bits per heavy atom. The van der Waals surface area contributed by atoms with Gasteiger partial charge in [-0.05, 0) is 38.1 Å². The van der Waals surface area contributed by atoms with Crippen molar-refractivity contribution in [2.75, 3.05) is 30.4 Å². The van der Waals surface area contributed by atoms with Crippen LogP contribution in [0.15, 0.2) is 29.3 Å². The molecule has 1 unspecified atom stereocenters. The number of carbonyl (C=O) groups excluding carboxylic acids is 3. The zero-order valence-corrected chi connectivity index (χ0v) is 17.8. The Bertz CT molecular complexity index is 820. The Kier molecular flexibility index (Phi) is 9.02. The van der Waals surface area contributed by atoms with Crippen molar-refractivity contribution in [3.63, 3.8) is 0 Å². The second-order valence-electron chi connectivity index (χ2n) is 5.63. The lowest BCUT2D eigenvalue weighted by Gasteiger charge is -2.22. The summed E-state index contributed by atoms with van der Waals surface area (Å²) in [7, 11) is 0. The molecule has 1 heterocycles. The molecule has 0 saturated carbocycles. The molecule has 0 aromatic heterocycles. The van der Waals surface area contributed by atoms with Crippen molar-refractivity contribution in [1.82, 2.24) is 0 Å². The second kappa shape index (κ2) is 11.5. The monoisotopic (exact) mass is 435 g/mol. The van der Waals surface area contributed by atoms with Gasteiger partial charge in [0, 0.05) is 12.2 Å². The third-order valence-electron chi connectivity index (χ3n) is 3.67. The number of rotatable bonds is 9. The van der Waals surface area contributed by atoms with Gasteiger partial charge in [0.05, 0.1) is 31.5 Å². The van der Waals surface area contributed by atoms with Crippen LogP contribution in [0.2, 0.25) is 0 Å². The average molecular weight is 436 g/mol. The van der Waals surface area contributed by atoms with E-state index >= 15 is 0 Å². The van der Waals surface area contributed by atoms with Crippen LogP contribution in [0.3, 0.4) is 0 Å². The highest BCUT2D eigenvalue weighted by Crippen LogP contribution is 2.30. The molecular formula is C19H21N3O5S2. The number of hydrogen-bond donors (Lipinski definition) is 0. The van der Waals surface area contributed by atoms with Crippen molar-refractivity contribution in [2.45, 2.75) is 25.5 Å². The van der Waals surface area contributed by atoms with Crippen LogP contribution in [-0.4, -0.2) is 52.9 Å². The van der Waals surface area contributed by atoms with Gasteiger partial charge < -0.3 is 14.4 Å². The van der Waals surface area contributed by atoms with Crippen molar-refractivity contribution >= 4 is 51.4 Å². The van der Waals surface area contributed by atoms with Crippen molar-refractivity contribution in [2.24, 2.45) is 4.99 Å². The van der Waals surface area contributed by atoms with Gasteiger partial charge in [-0.25, -0.2) is 0 Å². The summed E-state index contributed by atoms with van der Waals surface area (Å²) in [6.45, 7) is 4.51. The summed E-state index contributed by atoms with van der Waals surface area (Å²) in [4.78, 5) is 41.7. The van der Waals surface area contributed by atoms with E-state index < -0.39 is 17.1 Å². The fourth-order valence-electron chi connectivity index (χ4n) is 2.41. The van der Waals surface area contributed by atoms with Gasteiger partial charge in [-0.3, -0.25) is 14.4 Å². The summed E-state index contributed by atoms with van der Waals surface area (Å²) in [6.07, 6.45) is 0.183. The quantitative estimate of drug-likeness (QED) is 0.430. The van der Waals surface area contributed by atoms with Crippen molar-refractivity contribution < 1.29 is 23.9 Å². The van der Waals surface area contributed by atoms with Crippen LogP contribution in [-0.2, 0) is 19.1 Å². The number of hydrogen-bond acceptors (Lipinski definition) is 8. The number of nitriles is 1. The number of esters is 1. The number of benzene rings is 1. The maximum absolute atomic E-state index is 12.7. The lowest BCUT2D eigenvalue weighted by molar-refractivity contribution is -0.144. The number of anilines is 1. The SMILES string of the molecule is CCOC(=O)C1SC(SCC(=O)N(CCC#N)c2ccc(OCC)cc2)=NC1=O. The molecule has 1 aromatic rings. The third kappa shape index (κ3) is 6.51. The highest BCUT2D eigenvalue weighted by Gasteiger charge is 2.36. The molecule has 1 aliphatic heterocycles. The molecule has 1 aliphatic rings. The predicted molar refractivity (Wildman–Crippen MR) is 113 cm³/mol. The summed E-state index contributed by atoms with van der Waals surface area (Å²) in [5, 5.41) is 7.89. The first-order chi connectivity index (χ1) is 14.0. The summed E-state index contributed by atoms with van der Waals surface area (Å²) in [5.74, 6) is -0.717. The van der Waals surface area contributed by atoms with Crippen LogP contribution in [0.4, 0.5) is 5.69 Å². The van der Waals surface area contributed by atoms with Gasteiger partial charge >= 0.3 is 5.97 Å². The molecule has 0 aliphatic carbocycles. The van der Waals surface area contributed by atoms with Gasteiger partial charge in [0.25, 0.3) is 5.91 Å². The Hall–Kier alpha value is -2.51. The molecule has 1 aromatic carbocycles. The van der Waals surface area contributed by atoms with Crippen LogP contribution in [0.1, 0.15) is 20.3 Å². The van der Waals surface area contributed by atoms with Crippen LogP contribution < -0.4 is 9.64 Å². The number of ether oxygens (including phenoxy) is 2. The summed E-state index contributed by atoms with van der Waals surface area (Å²) < 4.78 is 10.6. The Morgan fingerprint density at radius 1 is 1.28 bits per heavy atom. The molecule has 0 fully saturated rings. The van der Waals surface area contributed by atoms with E-state index in [1.165, 1.54) is 4.90 Å². The number of nitrogens with zero attached hydrogens (tertiary/aromatic N) is 3. The second-order valence-corrected chi connectivity index (χ2v) is 7.95. The van der Waals surface area contributed by atoms with Crippen LogP contribution >= 0.6 is 23.5 Å². The maximum atomic E-state index is 12.7. The van der Waals surface area contributed by atoms with Crippen molar-refractivity contribution in [3.8, 4) is 11.8 Å². The molecule has 29 heavy (non-hydrogen) atoms. The van der Waals surface area contributed by atoms with E-state index in [0.29, 0.717) is 22.4 Å². The van der Waals surface area contributed by atoms with Crippen LogP contribution in [0, 0.1) is 11.3 Å². The Labute approximate surface area is 177 Å². The highest BCUT2D eigenvalue weighted by molar-refractivity contribution is 8.40. The smallest absolute Gasteiger partial charge is 0.329 e. The number of aliphatic imine (C=N–C) groups is 1. The zero-order chi connectivity index (χ0) is 21.2. The predicted octanol–water partition coefficient (Wildman–Crippen LogP) is 2.63. The molecule has 154 valence electrons. The molecule has 0 bridgehead atoms. The minimum atomic E-state index is -1.01. The first-order valence-corrected chi connectivity index (χ1v) is 10.9. The first-order valence-electron chi connectivity index (χ1n) is 8.98. The molecular weight excluding hydrogens is 414 g/mol. The normalized spacial score (nSPS) is 15.4. The molecule has 1 atom stereocenters. The Morgan fingerprint density at radius 2 is 2.00 bits per heavy atom. The molecule has 0 saturated heterocycles. The lowest BCUT2D eigenvalue weighted by atomic mass is 10.2. The molecule has 10 heteroatoms. The number of carbonyl (C=O) groups is 3. The van der Waals surface area contributed by atoms with Crippen LogP contribution in [0.25, 0.3) is 0 Å². The fourth-order valence-corrected chi connectivity index (χ4v) is 4.37. The lowest BCUT2D eigenvalue weighted by Crippen LogP contribution is -2.33. The maximum Gasteiger partial charge on any atom is 0.329 e. The average Bonchev–Trinajstić information content (AvgIpc) is 3.09. The van der Waals surface area contributed by atoms with E-state index in [2.05, 4.69) is 4.99 Å². The van der Waals surface area contributed by atoms with Crippen molar-refractivity contribution in [1.29, 1.82) is 5.26 Å². The Balaban J connectivity index is 2.00. The molecule has 0 radical (unpaired) electrons. The summed E-state index contributed by atoms with van der Waals surface area (Å²) in [6, 6.07) is 9.08. The van der Waals surface area contributed by atoms with E-state index in [9.17, 15) is 14.4 Å². The van der Waals surface area contributed by atoms with E-state index in [1.807, 2.05) is 13.0 Å². The standard InChI is InChI=1S/C19H21N3O5S2/c1-3-26-14-8-6-13(7-9-14)22(11-5-10-20)15(23)12-28-19-21-17(24)16(29-19)18(25)27-4-2/h6-9,16H,3-5,11-12H2,1-2H3. The number of thioether (sulfide) groups is 2. The van der Waals surface area contributed by atoms with E-state index in [1.54, 1.807) is 31.2 Å². The van der Waals surface area contributed by atoms with Gasteiger partial charge in [-0.15, -0.1) is 0 Å². The molecule has 2 rings (SSSR count). The van der Waals surface area contributed by atoms with E-state index in [-0.39, 0.29) is 31.2 Å². The first kappa shape index (κ1) is 22.8. The fraction of sp³-hybridized carbons (Fsp3) is 0.421. The van der Waals surface area contributed by atoms with Crippen molar-refractivity contribution in [3.05, 3.63) is 24.3 Å². The van der Waals surface area contributed by atoms with Gasteiger partial charge in [0.1, 0.15) is 10.1 Å². The zero-order valence-electron chi connectivity index (χ0n) is 16.1. The third-order valence-corrected chi connectivity index (χ3v) is 5.97. The number of amides is 2. The topological polar surface area (TPSA) is 109 Å². The molecule has 0 spiro atoms. The van der Waals surface area contributed by atoms with E-state index in [0.717, 1.165) is 23.5 Å². The molecule has 2 amide bonds. The van der Waals surface area contributed by atoms with Gasteiger partial charge in [-0.1, -0.05) is 23.5 Å². The van der Waals surface area contributed by atoms with Gasteiger partial charge in [0.15, 0.2) is 5.25 Å². The van der Waals surface area contributed by atoms with Gasteiger partial charge in [-0.2, -0.15) is 10.3 Å². The largest absolute Gasteiger partial charge is 0.494 e. The minimum absolute atomic E-state index is 0.0211. The summed E-state index contributed by atoms with van der Waals surface area (Å²) >= 11 is 2.08.